The molecule has 3 heterocycles. The van der Waals surface area contributed by atoms with Crippen LogP contribution in [0.1, 0.15) is 30.2 Å². The van der Waals surface area contributed by atoms with Crippen molar-refractivity contribution >= 4 is 63.2 Å². The number of thiophene rings is 1. The van der Waals surface area contributed by atoms with E-state index in [0.29, 0.717) is 35.5 Å². The highest BCUT2D eigenvalue weighted by Gasteiger charge is 2.41. The van der Waals surface area contributed by atoms with Gasteiger partial charge in [-0.2, -0.15) is 0 Å². The van der Waals surface area contributed by atoms with E-state index in [9.17, 15) is 14.4 Å². The van der Waals surface area contributed by atoms with Crippen LogP contribution >= 0.6 is 23.1 Å². The van der Waals surface area contributed by atoms with E-state index in [1.165, 1.54) is 16.7 Å². The molecule has 5 rings (SSSR count). The van der Waals surface area contributed by atoms with Crippen molar-refractivity contribution in [2.24, 2.45) is 9.98 Å². The number of ether oxygens (including phenoxy) is 1. The molecule has 9 nitrogen and oxygen atoms in total. The van der Waals surface area contributed by atoms with Gasteiger partial charge in [-0.3, -0.25) is 19.4 Å². The summed E-state index contributed by atoms with van der Waals surface area (Å²) in [6.45, 7) is 2.94. The molecule has 1 aromatic heterocycles. The summed E-state index contributed by atoms with van der Waals surface area (Å²) >= 11 is 2.75. The fraction of sp³-hybridized carbons (Fsp3) is 0.250. The third-order valence-corrected chi connectivity index (χ3v) is 7.83. The van der Waals surface area contributed by atoms with E-state index in [2.05, 4.69) is 15.6 Å². The van der Waals surface area contributed by atoms with Gasteiger partial charge >= 0.3 is 0 Å². The molecule has 3 aromatic rings. The minimum atomic E-state index is -0.692. The zero-order valence-electron chi connectivity index (χ0n) is 21.3. The molecule has 3 amide bonds. The maximum Gasteiger partial charge on any atom is 0.259 e. The lowest BCUT2D eigenvalue weighted by molar-refractivity contribution is -0.125. The second kappa shape index (κ2) is 12.3. The van der Waals surface area contributed by atoms with Gasteiger partial charge in [-0.1, -0.05) is 30.0 Å². The molecule has 2 aliphatic rings. The summed E-state index contributed by atoms with van der Waals surface area (Å²) in [7, 11) is 0. The Morgan fingerprint density at radius 2 is 1.90 bits per heavy atom. The highest BCUT2D eigenvalue weighted by Crippen LogP contribution is 2.34. The van der Waals surface area contributed by atoms with Crippen LogP contribution in [0.4, 0.5) is 11.4 Å². The monoisotopic (exact) mass is 561 g/mol. The number of anilines is 1. The van der Waals surface area contributed by atoms with Crippen molar-refractivity contribution in [2.45, 2.75) is 32.4 Å². The topological polar surface area (TPSA) is 112 Å². The van der Waals surface area contributed by atoms with Crippen molar-refractivity contribution in [3.63, 3.8) is 0 Å². The standard InChI is InChI=1S/C28H27N5O4S2/c1-2-37-19-11-9-18(10-12-19)30-25(35)17-39-28-32-22-8-4-3-7-21(22)26-31-23(27(36)33(26)28)13-14-24(34)29-16-20-6-5-15-38-20/h3-12,15,23H,2,13-14,16-17H2,1H3,(H,29,34)(H,30,35)/t23-/m0/s1. The number of aliphatic imine (C=N–C) groups is 2. The third-order valence-electron chi connectivity index (χ3n) is 6.01. The number of amidine groups is 2. The zero-order chi connectivity index (χ0) is 27.2. The normalized spacial score (nSPS) is 15.7. The number of hydrogen-bond acceptors (Lipinski definition) is 8. The van der Waals surface area contributed by atoms with E-state index in [-0.39, 0.29) is 36.3 Å². The van der Waals surface area contributed by atoms with E-state index >= 15 is 0 Å². The van der Waals surface area contributed by atoms with Gasteiger partial charge in [-0.25, -0.2) is 9.89 Å². The van der Waals surface area contributed by atoms with Crippen LogP contribution in [-0.2, 0) is 20.9 Å². The maximum absolute atomic E-state index is 13.4. The second-order valence-electron chi connectivity index (χ2n) is 8.74. The Morgan fingerprint density at radius 1 is 1.08 bits per heavy atom. The summed E-state index contributed by atoms with van der Waals surface area (Å²) in [5, 5.41) is 8.10. The summed E-state index contributed by atoms with van der Waals surface area (Å²) in [6, 6.07) is 17.8. The quantitative estimate of drug-likeness (QED) is 0.377. The number of fused-ring (bicyclic) bond motifs is 3. The molecule has 11 heteroatoms. The molecule has 1 atom stereocenters. The molecule has 0 unspecified atom stereocenters. The number of rotatable bonds is 10. The van der Waals surface area contributed by atoms with Crippen molar-refractivity contribution in [1.82, 2.24) is 10.2 Å². The maximum atomic E-state index is 13.4. The van der Waals surface area contributed by atoms with Crippen molar-refractivity contribution in [2.75, 3.05) is 17.7 Å². The highest BCUT2D eigenvalue weighted by atomic mass is 32.2. The van der Waals surface area contributed by atoms with Gasteiger partial charge < -0.3 is 15.4 Å². The first-order chi connectivity index (χ1) is 19.0. The second-order valence-corrected chi connectivity index (χ2v) is 10.7. The average Bonchev–Trinajstić information content (AvgIpc) is 3.59. The Kier molecular flexibility index (Phi) is 8.38. The van der Waals surface area contributed by atoms with E-state index in [4.69, 9.17) is 9.73 Å². The Morgan fingerprint density at radius 3 is 2.67 bits per heavy atom. The number of carbonyl (C=O) groups is 3. The fourth-order valence-corrected chi connectivity index (χ4v) is 5.62. The Labute approximate surface area is 234 Å². The summed E-state index contributed by atoms with van der Waals surface area (Å²) in [5.74, 6) is 0.689. The van der Waals surface area contributed by atoms with Gasteiger partial charge in [-0.05, 0) is 61.2 Å². The van der Waals surface area contributed by atoms with Crippen molar-refractivity contribution in [3.8, 4) is 5.75 Å². The fourth-order valence-electron chi connectivity index (χ4n) is 4.17. The van der Waals surface area contributed by atoms with Gasteiger partial charge in [0.05, 0.1) is 24.6 Å². The number of nitrogens with one attached hydrogen (secondary N) is 2. The van der Waals surface area contributed by atoms with Gasteiger partial charge in [0.25, 0.3) is 5.91 Å². The molecule has 2 aliphatic heterocycles. The summed E-state index contributed by atoms with van der Waals surface area (Å²) in [4.78, 5) is 50.4. The average molecular weight is 562 g/mol. The van der Waals surface area contributed by atoms with E-state index < -0.39 is 6.04 Å². The number of hydrogen-bond donors (Lipinski definition) is 2. The molecular formula is C28H27N5O4S2. The molecule has 0 radical (unpaired) electrons. The first kappa shape index (κ1) is 26.6. The number of carbonyl (C=O) groups excluding carboxylic acids is 3. The molecule has 2 aromatic carbocycles. The van der Waals surface area contributed by atoms with Crippen LogP contribution in [0.15, 0.2) is 76.0 Å². The van der Waals surface area contributed by atoms with Gasteiger partial charge in [0, 0.05) is 22.5 Å². The number of nitrogens with zero attached hydrogens (tertiary/aromatic N) is 3. The van der Waals surface area contributed by atoms with Gasteiger partial charge in [0.15, 0.2) is 5.17 Å². The molecular weight excluding hydrogens is 534 g/mol. The van der Waals surface area contributed by atoms with Crippen LogP contribution in [0.25, 0.3) is 0 Å². The largest absolute Gasteiger partial charge is 0.494 e. The predicted octanol–water partition coefficient (Wildman–Crippen LogP) is 4.57. The van der Waals surface area contributed by atoms with Crippen LogP contribution in [0.3, 0.4) is 0 Å². The molecule has 200 valence electrons. The van der Waals surface area contributed by atoms with Crippen LogP contribution in [0.2, 0.25) is 0 Å². The Balaban J connectivity index is 1.23. The summed E-state index contributed by atoms with van der Waals surface area (Å²) in [6.07, 6.45) is 0.464. The number of para-hydroxylation sites is 1. The van der Waals surface area contributed by atoms with Crippen LogP contribution in [0.5, 0.6) is 5.75 Å². The van der Waals surface area contributed by atoms with E-state index in [0.717, 1.165) is 16.2 Å². The molecule has 0 fully saturated rings. The van der Waals surface area contributed by atoms with Gasteiger partial charge in [-0.15, -0.1) is 11.3 Å². The summed E-state index contributed by atoms with van der Waals surface area (Å²) < 4.78 is 5.43. The van der Waals surface area contributed by atoms with Crippen molar-refractivity contribution < 1.29 is 19.1 Å². The zero-order valence-corrected chi connectivity index (χ0v) is 22.9. The first-order valence-corrected chi connectivity index (χ1v) is 14.4. The highest BCUT2D eigenvalue weighted by molar-refractivity contribution is 8.14. The lowest BCUT2D eigenvalue weighted by Gasteiger charge is -2.25. The number of benzene rings is 2. The number of amides is 3. The SMILES string of the molecule is CCOc1ccc(NC(=O)CSC2=Nc3ccccc3C3=N[C@@H](CCC(=O)NCc4cccs4)C(=O)N23)cc1. The molecule has 2 N–H and O–H groups in total. The van der Waals surface area contributed by atoms with Gasteiger partial charge in [0.1, 0.15) is 17.6 Å². The van der Waals surface area contributed by atoms with E-state index in [1.54, 1.807) is 35.6 Å². The van der Waals surface area contributed by atoms with Crippen LogP contribution in [-0.4, -0.2) is 52.0 Å². The molecule has 0 saturated heterocycles. The van der Waals surface area contributed by atoms with Crippen LogP contribution < -0.4 is 15.4 Å². The van der Waals surface area contributed by atoms with Gasteiger partial charge in [0.2, 0.25) is 11.8 Å². The smallest absolute Gasteiger partial charge is 0.259 e. The number of thioether (sulfide) groups is 1. The van der Waals surface area contributed by atoms with Crippen LogP contribution in [0, 0.1) is 0 Å². The Hall–Kier alpha value is -3.96. The van der Waals surface area contributed by atoms with Crippen molar-refractivity contribution in [3.05, 3.63) is 76.5 Å². The third kappa shape index (κ3) is 6.37. The molecule has 0 saturated carbocycles. The summed E-state index contributed by atoms with van der Waals surface area (Å²) in [5.41, 5.74) is 2.08. The minimum Gasteiger partial charge on any atom is -0.494 e. The van der Waals surface area contributed by atoms with E-state index in [1.807, 2.05) is 48.7 Å². The predicted molar refractivity (Wildman–Crippen MR) is 155 cm³/mol. The molecule has 0 aliphatic carbocycles. The van der Waals surface area contributed by atoms with Crippen molar-refractivity contribution in [1.29, 1.82) is 0 Å². The lowest BCUT2D eigenvalue weighted by atomic mass is 10.1. The first-order valence-electron chi connectivity index (χ1n) is 12.6. The molecule has 0 bridgehead atoms. The minimum absolute atomic E-state index is 0.0566. The molecule has 0 spiro atoms. The Bertz CT molecular complexity index is 1420. The lowest BCUT2D eigenvalue weighted by Crippen LogP contribution is -2.41. The molecule has 39 heavy (non-hydrogen) atoms.